The van der Waals surface area contributed by atoms with E-state index in [-0.39, 0.29) is 17.7 Å². The molecule has 0 bridgehead atoms. The van der Waals surface area contributed by atoms with Crippen molar-refractivity contribution in [2.45, 2.75) is 46.5 Å². The lowest BCUT2D eigenvalue weighted by Gasteiger charge is -2.16. The average Bonchev–Trinajstić information content (AvgIpc) is 2.70. The van der Waals surface area contributed by atoms with Crippen molar-refractivity contribution in [1.82, 2.24) is 15.4 Å². The summed E-state index contributed by atoms with van der Waals surface area (Å²) in [5.74, 6) is 0.943. The summed E-state index contributed by atoms with van der Waals surface area (Å²) in [5.41, 5.74) is 2.36. The zero-order chi connectivity index (χ0) is 15.6. The van der Waals surface area contributed by atoms with Gasteiger partial charge in [-0.05, 0) is 26.0 Å². The van der Waals surface area contributed by atoms with Gasteiger partial charge in [0.05, 0.1) is 17.8 Å². The standard InChI is InChI=1S/C15H20N4O2/c1-9-11(10(2)21-19-9)8-14(20)16-13-7-6-12(17-18-13)15(3,4)5/h6-7H,8H2,1-5H3,(H,16,18,20). The van der Waals surface area contributed by atoms with Crippen LogP contribution in [0.4, 0.5) is 5.82 Å². The average molecular weight is 288 g/mol. The zero-order valence-corrected chi connectivity index (χ0v) is 13.0. The molecule has 2 rings (SSSR count). The van der Waals surface area contributed by atoms with Crippen LogP contribution in [0.5, 0.6) is 0 Å². The largest absolute Gasteiger partial charge is 0.361 e. The summed E-state index contributed by atoms with van der Waals surface area (Å²) in [4.78, 5) is 12.0. The number of anilines is 1. The van der Waals surface area contributed by atoms with Gasteiger partial charge in [0.25, 0.3) is 0 Å². The lowest BCUT2D eigenvalue weighted by Crippen LogP contribution is -2.18. The Balaban J connectivity index is 2.03. The molecule has 0 unspecified atom stereocenters. The van der Waals surface area contributed by atoms with Gasteiger partial charge in [-0.15, -0.1) is 5.10 Å². The van der Waals surface area contributed by atoms with Gasteiger partial charge in [0.1, 0.15) is 5.76 Å². The van der Waals surface area contributed by atoms with Crippen molar-refractivity contribution in [2.24, 2.45) is 0 Å². The predicted octanol–water partition coefficient (Wildman–Crippen LogP) is 2.56. The molecule has 0 aliphatic carbocycles. The first kappa shape index (κ1) is 15.2. The Morgan fingerprint density at radius 3 is 2.43 bits per heavy atom. The van der Waals surface area contributed by atoms with Crippen molar-refractivity contribution in [3.05, 3.63) is 34.8 Å². The zero-order valence-electron chi connectivity index (χ0n) is 13.0. The first-order valence-corrected chi connectivity index (χ1v) is 6.83. The van der Waals surface area contributed by atoms with Crippen molar-refractivity contribution in [3.8, 4) is 0 Å². The van der Waals surface area contributed by atoms with Gasteiger partial charge in [0, 0.05) is 11.0 Å². The Morgan fingerprint density at radius 1 is 1.24 bits per heavy atom. The summed E-state index contributed by atoms with van der Waals surface area (Å²) in [7, 11) is 0. The van der Waals surface area contributed by atoms with Crippen LogP contribution in [0, 0.1) is 13.8 Å². The molecule has 21 heavy (non-hydrogen) atoms. The number of carbonyl (C=O) groups excluding carboxylic acids is 1. The molecule has 1 N–H and O–H groups in total. The van der Waals surface area contributed by atoms with Gasteiger partial charge in [-0.2, -0.15) is 5.10 Å². The van der Waals surface area contributed by atoms with E-state index < -0.39 is 0 Å². The van der Waals surface area contributed by atoms with Gasteiger partial charge < -0.3 is 9.84 Å². The first-order chi connectivity index (χ1) is 9.77. The van der Waals surface area contributed by atoms with Crippen molar-refractivity contribution in [3.63, 3.8) is 0 Å². The van der Waals surface area contributed by atoms with Crippen LogP contribution in [0.2, 0.25) is 0 Å². The van der Waals surface area contributed by atoms with E-state index >= 15 is 0 Å². The first-order valence-electron chi connectivity index (χ1n) is 6.83. The fourth-order valence-electron chi connectivity index (χ4n) is 1.90. The predicted molar refractivity (Wildman–Crippen MR) is 79.0 cm³/mol. The van der Waals surface area contributed by atoms with E-state index in [4.69, 9.17) is 4.52 Å². The summed E-state index contributed by atoms with van der Waals surface area (Å²) in [6, 6.07) is 3.64. The topological polar surface area (TPSA) is 80.9 Å². The van der Waals surface area contributed by atoms with Gasteiger partial charge in [0.2, 0.25) is 5.91 Å². The number of nitrogens with one attached hydrogen (secondary N) is 1. The molecule has 0 spiro atoms. The smallest absolute Gasteiger partial charge is 0.230 e. The molecule has 2 aromatic heterocycles. The monoisotopic (exact) mass is 288 g/mol. The van der Waals surface area contributed by atoms with E-state index in [1.807, 2.05) is 13.0 Å². The van der Waals surface area contributed by atoms with Crippen LogP contribution in [0.1, 0.15) is 43.5 Å². The highest BCUT2D eigenvalue weighted by Crippen LogP contribution is 2.19. The van der Waals surface area contributed by atoms with Crippen molar-refractivity contribution in [1.29, 1.82) is 0 Å². The molecule has 1 amide bonds. The summed E-state index contributed by atoms with van der Waals surface area (Å²) >= 11 is 0. The quantitative estimate of drug-likeness (QED) is 0.938. The minimum absolute atomic E-state index is 0.0633. The number of aromatic nitrogens is 3. The number of carbonyl (C=O) groups is 1. The fraction of sp³-hybridized carbons (Fsp3) is 0.467. The summed E-state index contributed by atoms with van der Waals surface area (Å²) in [5, 5.41) is 14.7. The maximum absolute atomic E-state index is 12.0. The van der Waals surface area contributed by atoms with E-state index in [0.717, 1.165) is 17.0 Å². The molecular weight excluding hydrogens is 268 g/mol. The van der Waals surface area contributed by atoms with Crippen LogP contribution in [-0.2, 0) is 16.6 Å². The van der Waals surface area contributed by atoms with E-state index in [2.05, 4.69) is 41.4 Å². The number of hydrogen-bond donors (Lipinski definition) is 1. The molecule has 0 radical (unpaired) electrons. The summed E-state index contributed by atoms with van der Waals surface area (Å²) < 4.78 is 5.04. The van der Waals surface area contributed by atoms with Crippen LogP contribution in [0.3, 0.4) is 0 Å². The molecule has 0 aromatic carbocycles. The minimum atomic E-state index is -0.165. The molecule has 2 aromatic rings. The molecule has 6 nitrogen and oxygen atoms in total. The minimum Gasteiger partial charge on any atom is -0.361 e. The van der Waals surface area contributed by atoms with E-state index in [9.17, 15) is 4.79 Å². The van der Waals surface area contributed by atoms with Crippen LogP contribution < -0.4 is 5.32 Å². The fourth-order valence-corrected chi connectivity index (χ4v) is 1.90. The van der Waals surface area contributed by atoms with Crippen molar-refractivity contribution in [2.75, 3.05) is 5.32 Å². The highest BCUT2D eigenvalue weighted by Gasteiger charge is 2.17. The maximum atomic E-state index is 12.0. The highest BCUT2D eigenvalue weighted by atomic mass is 16.5. The maximum Gasteiger partial charge on any atom is 0.230 e. The molecule has 0 saturated heterocycles. The number of hydrogen-bond acceptors (Lipinski definition) is 5. The van der Waals surface area contributed by atoms with E-state index in [0.29, 0.717) is 11.6 Å². The van der Waals surface area contributed by atoms with Crippen LogP contribution in [-0.4, -0.2) is 21.3 Å². The van der Waals surface area contributed by atoms with E-state index in [1.54, 1.807) is 13.0 Å². The molecule has 6 heteroatoms. The lowest BCUT2D eigenvalue weighted by atomic mass is 9.92. The third kappa shape index (κ3) is 3.65. The molecule has 0 aliphatic heterocycles. The van der Waals surface area contributed by atoms with Gasteiger partial charge in [0.15, 0.2) is 5.82 Å². The number of amides is 1. The molecule has 0 saturated carbocycles. The Hall–Kier alpha value is -2.24. The summed E-state index contributed by atoms with van der Waals surface area (Å²) in [6.45, 7) is 9.80. The van der Waals surface area contributed by atoms with Gasteiger partial charge >= 0.3 is 0 Å². The molecule has 0 aliphatic rings. The Labute approximate surface area is 123 Å². The van der Waals surface area contributed by atoms with Gasteiger partial charge in [-0.25, -0.2) is 0 Å². The second kappa shape index (κ2) is 5.63. The molecule has 2 heterocycles. The van der Waals surface area contributed by atoms with E-state index in [1.165, 1.54) is 0 Å². The second-order valence-electron chi connectivity index (χ2n) is 6.08. The Bertz CT molecular complexity index is 619. The lowest BCUT2D eigenvalue weighted by molar-refractivity contribution is -0.115. The number of rotatable bonds is 3. The number of nitrogens with zero attached hydrogens (tertiary/aromatic N) is 3. The normalized spacial score (nSPS) is 11.5. The van der Waals surface area contributed by atoms with Crippen LogP contribution >= 0.6 is 0 Å². The van der Waals surface area contributed by atoms with Gasteiger partial charge in [-0.1, -0.05) is 25.9 Å². The Morgan fingerprint density at radius 2 is 1.95 bits per heavy atom. The van der Waals surface area contributed by atoms with Crippen LogP contribution in [0.15, 0.2) is 16.7 Å². The Kier molecular flexibility index (Phi) is 4.06. The molecular formula is C15H20N4O2. The molecule has 112 valence electrons. The number of aryl methyl sites for hydroxylation is 2. The molecule has 0 fully saturated rings. The van der Waals surface area contributed by atoms with Gasteiger partial charge in [-0.3, -0.25) is 4.79 Å². The van der Waals surface area contributed by atoms with Crippen molar-refractivity contribution >= 4 is 11.7 Å². The highest BCUT2D eigenvalue weighted by molar-refractivity contribution is 5.91. The van der Waals surface area contributed by atoms with Crippen LogP contribution in [0.25, 0.3) is 0 Å². The molecule has 0 atom stereocenters. The van der Waals surface area contributed by atoms with Crippen molar-refractivity contribution < 1.29 is 9.32 Å². The summed E-state index contributed by atoms with van der Waals surface area (Å²) in [6.07, 6.45) is 0.212. The SMILES string of the molecule is Cc1noc(C)c1CC(=O)Nc1ccc(C(C)(C)C)nn1. The second-order valence-corrected chi connectivity index (χ2v) is 6.08. The third-order valence-electron chi connectivity index (χ3n) is 3.22. The third-order valence-corrected chi connectivity index (χ3v) is 3.22.